The predicted molar refractivity (Wildman–Crippen MR) is 121 cm³/mol. The highest BCUT2D eigenvalue weighted by Crippen LogP contribution is 2.24. The quantitative estimate of drug-likeness (QED) is 0.410. The largest absolute Gasteiger partial charge is 0.389 e. The fourth-order valence-corrected chi connectivity index (χ4v) is 4.54. The van der Waals surface area contributed by atoms with Gasteiger partial charge in [-0.25, -0.2) is 4.98 Å². The minimum Gasteiger partial charge on any atom is -0.389 e. The van der Waals surface area contributed by atoms with Gasteiger partial charge in [0.2, 0.25) is 0 Å². The van der Waals surface area contributed by atoms with E-state index in [-0.39, 0.29) is 13.1 Å². The molecule has 1 aliphatic rings. The first-order valence-electron chi connectivity index (χ1n) is 11.0. The Bertz CT molecular complexity index is 769. The Morgan fingerprint density at radius 2 is 1.61 bits per heavy atom. The average Bonchev–Trinajstić information content (AvgIpc) is 3.20. The molecular formula is C23H34N2O5S. The first-order valence-corrected chi connectivity index (χ1v) is 11.9. The van der Waals surface area contributed by atoms with Gasteiger partial charge in [0, 0.05) is 30.6 Å². The highest BCUT2D eigenvalue weighted by Gasteiger charge is 2.35. The van der Waals surface area contributed by atoms with E-state index in [1.54, 1.807) is 11.3 Å². The summed E-state index contributed by atoms with van der Waals surface area (Å²) < 4.78 is 5.76. The summed E-state index contributed by atoms with van der Waals surface area (Å²) in [5.41, 5.74) is 3.33. The monoisotopic (exact) mass is 450 g/mol. The van der Waals surface area contributed by atoms with E-state index in [9.17, 15) is 20.4 Å². The molecule has 3 rings (SSSR count). The SMILES string of the molecule is Cc1ccc(-c2nc(COCCCCCCN3C[C@H](O)[C@@H](O)[C@H](O)[C@@H](O)C3)cs2)cc1. The Morgan fingerprint density at radius 3 is 2.29 bits per heavy atom. The fraction of sp³-hybridized carbons (Fsp3) is 0.609. The molecule has 0 spiro atoms. The number of thiazole rings is 1. The third kappa shape index (κ3) is 7.32. The van der Waals surface area contributed by atoms with Crippen molar-refractivity contribution in [2.45, 2.75) is 63.6 Å². The van der Waals surface area contributed by atoms with Gasteiger partial charge in [0.05, 0.1) is 24.5 Å². The van der Waals surface area contributed by atoms with Crippen LogP contribution in [0.5, 0.6) is 0 Å². The van der Waals surface area contributed by atoms with Crippen LogP contribution >= 0.6 is 11.3 Å². The minimum atomic E-state index is -1.30. The lowest BCUT2D eigenvalue weighted by atomic mass is 10.1. The van der Waals surface area contributed by atoms with Crippen molar-refractivity contribution in [2.24, 2.45) is 0 Å². The van der Waals surface area contributed by atoms with Crippen molar-refractivity contribution in [3.63, 3.8) is 0 Å². The van der Waals surface area contributed by atoms with Gasteiger partial charge in [-0.15, -0.1) is 11.3 Å². The Hall–Kier alpha value is -1.39. The molecule has 0 saturated carbocycles. The zero-order chi connectivity index (χ0) is 22.2. The number of aromatic nitrogens is 1. The van der Waals surface area contributed by atoms with Crippen molar-refractivity contribution >= 4 is 11.3 Å². The minimum absolute atomic E-state index is 0.261. The molecule has 1 aromatic carbocycles. The van der Waals surface area contributed by atoms with Crippen LogP contribution in [0.2, 0.25) is 0 Å². The van der Waals surface area contributed by atoms with Crippen LogP contribution in [-0.2, 0) is 11.3 Å². The number of unbranched alkanes of at least 4 members (excludes halogenated alkanes) is 3. The van der Waals surface area contributed by atoms with Crippen LogP contribution in [-0.4, -0.2) is 81.0 Å². The number of nitrogens with zero attached hydrogens (tertiary/aromatic N) is 2. The number of aryl methyl sites for hydroxylation is 1. The molecule has 7 nitrogen and oxygen atoms in total. The molecule has 4 N–H and O–H groups in total. The van der Waals surface area contributed by atoms with Gasteiger partial charge >= 0.3 is 0 Å². The normalized spacial score (nSPS) is 24.9. The Kier molecular flexibility index (Phi) is 9.40. The Morgan fingerprint density at radius 1 is 0.968 bits per heavy atom. The van der Waals surface area contributed by atoms with Gasteiger partial charge in [-0.05, 0) is 26.3 Å². The van der Waals surface area contributed by atoms with Gasteiger partial charge in [-0.3, -0.25) is 4.90 Å². The number of aliphatic hydroxyl groups is 4. The lowest BCUT2D eigenvalue weighted by Crippen LogP contribution is -2.43. The Balaban J connectivity index is 1.26. The van der Waals surface area contributed by atoms with Crippen molar-refractivity contribution < 1.29 is 25.2 Å². The van der Waals surface area contributed by atoms with E-state index < -0.39 is 24.4 Å². The number of ether oxygens (including phenoxy) is 1. The van der Waals surface area contributed by atoms with E-state index in [0.717, 1.165) is 48.5 Å². The highest BCUT2D eigenvalue weighted by molar-refractivity contribution is 7.13. The molecule has 2 heterocycles. The number of likely N-dealkylation sites (tertiary alicyclic amines) is 1. The summed E-state index contributed by atoms with van der Waals surface area (Å²) in [7, 11) is 0. The van der Waals surface area contributed by atoms with Crippen molar-refractivity contribution in [2.75, 3.05) is 26.2 Å². The smallest absolute Gasteiger partial charge is 0.123 e. The molecular weight excluding hydrogens is 416 g/mol. The first-order chi connectivity index (χ1) is 14.9. The van der Waals surface area contributed by atoms with E-state index >= 15 is 0 Å². The van der Waals surface area contributed by atoms with E-state index in [1.165, 1.54) is 5.56 Å². The van der Waals surface area contributed by atoms with Gasteiger partial charge in [-0.1, -0.05) is 42.7 Å². The number of hydrogen-bond donors (Lipinski definition) is 4. The van der Waals surface area contributed by atoms with Gasteiger partial charge in [0.15, 0.2) is 0 Å². The topological polar surface area (TPSA) is 106 Å². The van der Waals surface area contributed by atoms with Crippen LogP contribution in [0.1, 0.15) is 36.9 Å². The van der Waals surface area contributed by atoms with Crippen molar-refractivity contribution in [3.05, 3.63) is 40.9 Å². The van der Waals surface area contributed by atoms with E-state index in [4.69, 9.17) is 4.74 Å². The second kappa shape index (κ2) is 12.0. The molecule has 1 aliphatic heterocycles. The molecule has 1 saturated heterocycles. The molecule has 0 amide bonds. The maximum absolute atomic E-state index is 9.90. The third-order valence-corrected chi connectivity index (χ3v) is 6.58. The van der Waals surface area contributed by atoms with Gasteiger partial charge in [0.1, 0.15) is 17.2 Å². The van der Waals surface area contributed by atoms with E-state index in [2.05, 4.69) is 36.2 Å². The highest BCUT2D eigenvalue weighted by atomic mass is 32.1. The number of rotatable bonds is 10. The van der Waals surface area contributed by atoms with Crippen LogP contribution in [0.25, 0.3) is 10.6 Å². The third-order valence-electron chi connectivity index (χ3n) is 5.64. The zero-order valence-corrected chi connectivity index (χ0v) is 18.9. The molecule has 1 fully saturated rings. The molecule has 0 bridgehead atoms. The number of hydrogen-bond acceptors (Lipinski definition) is 8. The summed E-state index contributed by atoms with van der Waals surface area (Å²) in [6.45, 7) is 4.53. The van der Waals surface area contributed by atoms with Crippen molar-refractivity contribution in [1.82, 2.24) is 9.88 Å². The zero-order valence-electron chi connectivity index (χ0n) is 18.1. The van der Waals surface area contributed by atoms with Crippen LogP contribution in [0.15, 0.2) is 29.6 Å². The lowest BCUT2D eigenvalue weighted by molar-refractivity contribution is -0.0894. The molecule has 8 heteroatoms. The van der Waals surface area contributed by atoms with Crippen molar-refractivity contribution in [1.29, 1.82) is 0 Å². The summed E-state index contributed by atoms with van der Waals surface area (Å²) in [5, 5.41) is 42.4. The van der Waals surface area contributed by atoms with Gasteiger partial charge in [-0.2, -0.15) is 0 Å². The second-order valence-corrected chi connectivity index (χ2v) is 9.21. The molecule has 0 radical (unpaired) electrons. The van der Waals surface area contributed by atoms with E-state index in [0.29, 0.717) is 13.2 Å². The van der Waals surface area contributed by atoms with Gasteiger partial charge < -0.3 is 25.2 Å². The predicted octanol–water partition coefficient (Wildman–Crippen LogP) is 1.95. The average molecular weight is 451 g/mol. The maximum Gasteiger partial charge on any atom is 0.123 e. The summed E-state index contributed by atoms with van der Waals surface area (Å²) in [6, 6.07) is 8.37. The standard InChI is InChI=1S/C23H34N2O5S/c1-16-6-8-17(9-7-16)23-24-18(15-31-23)14-30-11-5-3-2-4-10-25-12-19(26)21(28)22(29)20(27)13-25/h6-9,15,19-22,26-29H,2-5,10-14H2,1H3/t19-,20-,21+,22+/m0/s1. The molecule has 0 unspecified atom stereocenters. The van der Waals surface area contributed by atoms with Crippen molar-refractivity contribution in [3.8, 4) is 10.6 Å². The molecule has 0 aliphatic carbocycles. The van der Waals surface area contributed by atoms with E-state index in [1.807, 2.05) is 10.3 Å². The first kappa shape index (κ1) is 24.3. The number of β-amino-alcohol motifs (C(OH)–C–C–N with tert-alkyl or cyclic N) is 2. The van der Waals surface area contributed by atoms with Crippen LogP contribution in [0.4, 0.5) is 0 Å². The molecule has 1 aromatic heterocycles. The molecule has 172 valence electrons. The Labute approximate surface area is 188 Å². The second-order valence-electron chi connectivity index (χ2n) is 8.35. The summed E-state index contributed by atoms with van der Waals surface area (Å²) >= 11 is 1.64. The maximum atomic E-state index is 9.90. The fourth-order valence-electron chi connectivity index (χ4n) is 3.73. The van der Waals surface area contributed by atoms with Crippen LogP contribution < -0.4 is 0 Å². The van der Waals surface area contributed by atoms with Crippen LogP contribution in [0.3, 0.4) is 0 Å². The summed E-state index contributed by atoms with van der Waals surface area (Å²) in [6.07, 6.45) is -0.738. The molecule has 2 aromatic rings. The molecule has 4 atom stereocenters. The summed E-state index contributed by atoms with van der Waals surface area (Å²) in [5.74, 6) is 0. The lowest BCUT2D eigenvalue weighted by Gasteiger charge is -2.23. The van der Waals surface area contributed by atoms with Crippen LogP contribution in [0, 0.1) is 6.92 Å². The van der Waals surface area contributed by atoms with Gasteiger partial charge in [0.25, 0.3) is 0 Å². The number of aliphatic hydroxyl groups excluding tert-OH is 4. The molecule has 31 heavy (non-hydrogen) atoms. The summed E-state index contributed by atoms with van der Waals surface area (Å²) in [4.78, 5) is 6.55. The number of benzene rings is 1.